The number of carbonyl (C=O) groups is 2. The maximum Gasteiger partial charge on any atom is 0.336 e. The summed E-state index contributed by atoms with van der Waals surface area (Å²) >= 11 is 0. The number of rotatable bonds is 4. The number of fused-ring (bicyclic) bond motifs is 1. The number of aromatic carboxylic acids is 2. The number of aromatic nitrogens is 1. The first-order valence-corrected chi connectivity index (χ1v) is 8.51. The minimum Gasteiger partial charge on any atom is -0.478 e. The Morgan fingerprint density at radius 3 is 2.32 bits per heavy atom. The molecule has 28 heavy (non-hydrogen) atoms. The zero-order valence-corrected chi connectivity index (χ0v) is 14.8. The highest BCUT2D eigenvalue weighted by Crippen LogP contribution is 2.32. The molecule has 0 fully saturated rings. The zero-order chi connectivity index (χ0) is 19.8. The van der Waals surface area contributed by atoms with Crippen LogP contribution in [0.25, 0.3) is 33.7 Å². The summed E-state index contributed by atoms with van der Waals surface area (Å²) in [5, 5.41) is 19.5. The topological polar surface area (TPSA) is 101 Å². The number of nitrogens with zero attached hydrogens (tertiary/aromatic N) is 1. The van der Waals surface area contributed by atoms with E-state index in [4.69, 9.17) is 4.42 Å². The van der Waals surface area contributed by atoms with Crippen LogP contribution in [0.3, 0.4) is 0 Å². The van der Waals surface area contributed by atoms with Gasteiger partial charge in [-0.15, -0.1) is 0 Å². The number of carboxylic acids is 2. The van der Waals surface area contributed by atoms with Crippen molar-refractivity contribution >= 4 is 22.8 Å². The van der Waals surface area contributed by atoms with Gasteiger partial charge < -0.3 is 14.6 Å². The lowest BCUT2D eigenvalue weighted by Gasteiger charge is -2.07. The van der Waals surface area contributed by atoms with Gasteiger partial charge in [0.25, 0.3) is 0 Å². The number of hydrogen-bond donors (Lipinski definition) is 2. The highest BCUT2D eigenvalue weighted by molar-refractivity contribution is 6.04. The summed E-state index contributed by atoms with van der Waals surface area (Å²) < 4.78 is 5.84. The van der Waals surface area contributed by atoms with Gasteiger partial charge in [-0.2, -0.15) is 0 Å². The maximum atomic E-state index is 11.7. The molecule has 6 heteroatoms. The molecule has 0 atom stereocenters. The molecule has 4 aromatic rings. The van der Waals surface area contributed by atoms with E-state index in [1.165, 1.54) is 12.1 Å². The van der Waals surface area contributed by atoms with Crippen molar-refractivity contribution in [2.24, 2.45) is 0 Å². The number of pyridine rings is 1. The number of benzene rings is 2. The molecule has 2 N–H and O–H groups in total. The van der Waals surface area contributed by atoms with E-state index in [9.17, 15) is 19.8 Å². The Morgan fingerprint density at radius 1 is 0.857 bits per heavy atom. The quantitative estimate of drug-likeness (QED) is 0.529. The summed E-state index contributed by atoms with van der Waals surface area (Å²) in [5.41, 5.74) is 2.55. The van der Waals surface area contributed by atoms with Crippen molar-refractivity contribution in [1.82, 2.24) is 4.98 Å². The van der Waals surface area contributed by atoms with Crippen molar-refractivity contribution in [3.8, 4) is 22.8 Å². The van der Waals surface area contributed by atoms with Crippen LogP contribution in [0.1, 0.15) is 26.3 Å². The van der Waals surface area contributed by atoms with E-state index in [0.29, 0.717) is 33.7 Å². The predicted molar refractivity (Wildman–Crippen MR) is 104 cm³/mol. The van der Waals surface area contributed by atoms with E-state index in [0.717, 1.165) is 5.56 Å². The fraction of sp³-hybridized carbons (Fsp3) is 0.0455. The van der Waals surface area contributed by atoms with Crippen molar-refractivity contribution in [2.45, 2.75) is 6.92 Å². The van der Waals surface area contributed by atoms with Crippen LogP contribution in [-0.4, -0.2) is 27.1 Å². The van der Waals surface area contributed by atoms with Gasteiger partial charge in [-0.25, -0.2) is 14.6 Å². The molecule has 6 nitrogen and oxygen atoms in total. The van der Waals surface area contributed by atoms with Crippen molar-refractivity contribution in [3.05, 3.63) is 77.4 Å². The zero-order valence-electron chi connectivity index (χ0n) is 14.8. The van der Waals surface area contributed by atoms with Crippen LogP contribution in [0.5, 0.6) is 0 Å². The van der Waals surface area contributed by atoms with Crippen LogP contribution >= 0.6 is 0 Å². The van der Waals surface area contributed by atoms with Crippen molar-refractivity contribution in [3.63, 3.8) is 0 Å². The van der Waals surface area contributed by atoms with Crippen LogP contribution in [0.15, 0.2) is 65.1 Å². The fourth-order valence-electron chi connectivity index (χ4n) is 3.15. The molecule has 0 spiro atoms. The molecule has 2 aromatic carbocycles. The first-order chi connectivity index (χ1) is 13.4. The van der Waals surface area contributed by atoms with Gasteiger partial charge in [-0.05, 0) is 43.3 Å². The first kappa shape index (κ1) is 17.5. The minimum absolute atomic E-state index is 0.122. The molecule has 138 valence electrons. The number of aryl methyl sites for hydroxylation is 1. The Bertz CT molecular complexity index is 1240. The maximum absolute atomic E-state index is 11.7. The van der Waals surface area contributed by atoms with E-state index in [2.05, 4.69) is 4.98 Å². The Kier molecular flexibility index (Phi) is 4.16. The van der Waals surface area contributed by atoms with Gasteiger partial charge in [-0.1, -0.05) is 29.8 Å². The molecule has 0 saturated carbocycles. The smallest absolute Gasteiger partial charge is 0.336 e. The third-order valence-electron chi connectivity index (χ3n) is 4.48. The molecule has 0 aliphatic rings. The molecule has 0 aliphatic heterocycles. The highest BCUT2D eigenvalue weighted by Gasteiger charge is 2.18. The van der Waals surface area contributed by atoms with Crippen LogP contribution in [0, 0.1) is 6.92 Å². The van der Waals surface area contributed by atoms with E-state index in [-0.39, 0.29) is 11.1 Å². The second kappa shape index (κ2) is 6.66. The Labute approximate surface area is 159 Å². The van der Waals surface area contributed by atoms with E-state index in [1.807, 2.05) is 13.0 Å². The lowest BCUT2D eigenvalue weighted by atomic mass is 10.0. The van der Waals surface area contributed by atoms with Gasteiger partial charge in [0.1, 0.15) is 11.5 Å². The summed E-state index contributed by atoms with van der Waals surface area (Å²) in [6.07, 6.45) is 0. The molecule has 0 aliphatic carbocycles. The third-order valence-corrected chi connectivity index (χ3v) is 4.48. The Morgan fingerprint density at radius 2 is 1.57 bits per heavy atom. The molecular weight excluding hydrogens is 358 g/mol. The van der Waals surface area contributed by atoms with E-state index < -0.39 is 11.9 Å². The van der Waals surface area contributed by atoms with Crippen LogP contribution < -0.4 is 0 Å². The lowest BCUT2D eigenvalue weighted by Crippen LogP contribution is -2.00. The highest BCUT2D eigenvalue weighted by atomic mass is 16.4. The average Bonchev–Trinajstić information content (AvgIpc) is 3.17. The van der Waals surface area contributed by atoms with Crippen molar-refractivity contribution in [1.29, 1.82) is 0 Å². The van der Waals surface area contributed by atoms with Crippen LogP contribution in [-0.2, 0) is 0 Å². The van der Waals surface area contributed by atoms with Crippen LogP contribution in [0.2, 0.25) is 0 Å². The van der Waals surface area contributed by atoms with Gasteiger partial charge in [0.15, 0.2) is 5.76 Å². The summed E-state index contributed by atoms with van der Waals surface area (Å²) in [6, 6.07) is 16.7. The normalized spacial score (nSPS) is 10.9. The Hall–Kier alpha value is -3.93. The second-order valence-corrected chi connectivity index (χ2v) is 6.40. The summed E-state index contributed by atoms with van der Waals surface area (Å²) in [5.74, 6) is -1.38. The number of furan rings is 1. The van der Waals surface area contributed by atoms with Gasteiger partial charge in [0, 0.05) is 10.9 Å². The molecule has 0 saturated heterocycles. The van der Waals surface area contributed by atoms with E-state index >= 15 is 0 Å². The summed E-state index contributed by atoms with van der Waals surface area (Å²) in [6.45, 7) is 1.89. The molecule has 0 amide bonds. The van der Waals surface area contributed by atoms with E-state index in [1.54, 1.807) is 42.5 Å². The fourth-order valence-corrected chi connectivity index (χ4v) is 3.15. The van der Waals surface area contributed by atoms with Gasteiger partial charge in [0.05, 0.1) is 16.6 Å². The largest absolute Gasteiger partial charge is 0.478 e. The molecule has 0 radical (unpaired) electrons. The Balaban J connectivity index is 1.86. The average molecular weight is 373 g/mol. The standard InChI is InChI=1S/C22H15NO5/c1-12-6-7-17-15(10-12)16(22(26)27)11-18(23-17)20-9-8-19(28-20)13-4-2-3-5-14(13)21(24)25/h2-11H,1H3,(H,24,25)(H,26,27). The predicted octanol–water partition coefficient (Wildman–Crippen LogP) is 4.87. The number of carboxylic acid groups (broad SMARTS) is 2. The van der Waals surface area contributed by atoms with Crippen LogP contribution in [0.4, 0.5) is 0 Å². The van der Waals surface area contributed by atoms with Gasteiger partial charge >= 0.3 is 11.9 Å². The van der Waals surface area contributed by atoms with Crippen molar-refractivity contribution < 1.29 is 24.2 Å². The molecule has 4 rings (SSSR count). The minimum atomic E-state index is -1.05. The molecule has 2 heterocycles. The number of hydrogen-bond acceptors (Lipinski definition) is 4. The monoisotopic (exact) mass is 373 g/mol. The molecular formula is C22H15NO5. The lowest BCUT2D eigenvalue weighted by molar-refractivity contribution is 0.0687. The second-order valence-electron chi connectivity index (χ2n) is 6.40. The SMILES string of the molecule is Cc1ccc2nc(-c3ccc(-c4ccccc4C(=O)O)o3)cc(C(=O)O)c2c1. The molecule has 0 bridgehead atoms. The van der Waals surface area contributed by atoms with Gasteiger partial charge in [-0.3, -0.25) is 0 Å². The summed E-state index contributed by atoms with van der Waals surface area (Å²) in [7, 11) is 0. The molecule has 0 unspecified atom stereocenters. The molecule has 2 aromatic heterocycles. The third kappa shape index (κ3) is 3.01. The summed E-state index contributed by atoms with van der Waals surface area (Å²) in [4.78, 5) is 27.7. The first-order valence-electron chi connectivity index (χ1n) is 8.51. The van der Waals surface area contributed by atoms with Crippen molar-refractivity contribution in [2.75, 3.05) is 0 Å². The van der Waals surface area contributed by atoms with Gasteiger partial charge in [0.2, 0.25) is 0 Å².